The van der Waals surface area contributed by atoms with Crippen LogP contribution in [0.2, 0.25) is 0 Å². The zero-order valence-corrected chi connectivity index (χ0v) is 22.1. The molecule has 5 rings (SSSR count). The van der Waals surface area contributed by atoms with Gasteiger partial charge in [0.15, 0.2) is 11.2 Å². The number of alkyl halides is 3. The zero-order chi connectivity index (χ0) is 29.5. The monoisotopic (exact) mass is 571 g/mol. The minimum Gasteiger partial charge on any atom is -0.382 e. The van der Waals surface area contributed by atoms with E-state index in [2.05, 4.69) is 30.8 Å². The molecule has 2 N–H and O–H groups in total. The van der Waals surface area contributed by atoms with E-state index in [0.717, 1.165) is 16.8 Å². The van der Waals surface area contributed by atoms with Crippen molar-refractivity contribution in [1.82, 2.24) is 39.5 Å². The summed E-state index contributed by atoms with van der Waals surface area (Å²) >= 11 is 0. The second-order valence-electron chi connectivity index (χ2n) is 9.71. The van der Waals surface area contributed by atoms with Crippen molar-refractivity contribution in [2.24, 2.45) is 12.0 Å². The molecule has 16 heteroatoms. The van der Waals surface area contributed by atoms with Gasteiger partial charge in [0, 0.05) is 43.8 Å². The number of aliphatic imine (C=N–C) groups is 1. The third-order valence-electron chi connectivity index (χ3n) is 6.62. The van der Waals surface area contributed by atoms with Crippen LogP contribution in [0.15, 0.2) is 62.0 Å². The van der Waals surface area contributed by atoms with E-state index in [9.17, 15) is 27.6 Å². The number of hydrogen-bond acceptors (Lipinski definition) is 10. The van der Waals surface area contributed by atoms with Crippen LogP contribution in [0.3, 0.4) is 0 Å². The van der Waals surface area contributed by atoms with Crippen LogP contribution in [0, 0.1) is 6.92 Å². The lowest BCUT2D eigenvalue weighted by atomic mass is 10.0. The molecular weight excluding hydrogens is 547 g/mol. The molecule has 0 aromatic carbocycles. The summed E-state index contributed by atoms with van der Waals surface area (Å²) in [5.41, 5.74) is -2.64. The summed E-state index contributed by atoms with van der Waals surface area (Å²) in [4.78, 5) is 51.2. The van der Waals surface area contributed by atoms with Gasteiger partial charge in [0.25, 0.3) is 5.56 Å². The van der Waals surface area contributed by atoms with Crippen molar-refractivity contribution in [3.8, 4) is 0 Å². The smallest absolute Gasteiger partial charge is 0.382 e. The molecule has 0 saturated heterocycles. The molecular formula is C25H24F3N9O4. The Hall–Kier alpha value is -5.02. The Morgan fingerprint density at radius 3 is 2.68 bits per heavy atom. The third-order valence-corrected chi connectivity index (χ3v) is 6.62. The molecule has 1 atom stereocenters. The highest BCUT2D eigenvalue weighted by Gasteiger charge is 2.32. The number of aromatic nitrogens is 6. The Morgan fingerprint density at radius 1 is 1.22 bits per heavy atom. The van der Waals surface area contributed by atoms with Gasteiger partial charge in [-0.15, -0.1) is 0 Å². The molecule has 0 bridgehead atoms. The minimum absolute atomic E-state index is 0.0127. The van der Waals surface area contributed by atoms with Gasteiger partial charge in [-0.25, -0.2) is 14.8 Å². The van der Waals surface area contributed by atoms with Crippen molar-refractivity contribution in [3.05, 3.63) is 86.3 Å². The molecule has 0 aliphatic carbocycles. The van der Waals surface area contributed by atoms with Gasteiger partial charge in [-0.1, -0.05) is 5.16 Å². The summed E-state index contributed by atoms with van der Waals surface area (Å²) in [5.74, 6) is 0.754. The number of imidazole rings is 1. The molecule has 214 valence electrons. The number of pyridine rings is 1. The molecule has 0 spiro atoms. The van der Waals surface area contributed by atoms with Crippen LogP contribution >= 0.6 is 0 Å². The maximum absolute atomic E-state index is 13.5. The number of carbonyl (C=O) groups is 1. The Balaban J connectivity index is 1.46. The van der Waals surface area contributed by atoms with E-state index in [1.807, 2.05) is 0 Å². The molecule has 41 heavy (non-hydrogen) atoms. The molecule has 0 unspecified atom stereocenters. The minimum atomic E-state index is -4.56. The van der Waals surface area contributed by atoms with Crippen molar-refractivity contribution < 1.29 is 22.5 Å². The third kappa shape index (κ3) is 5.15. The average Bonchev–Trinajstić information content (AvgIpc) is 3.59. The van der Waals surface area contributed by atoms with E-state index in [-0.39, 0.29) is 42.2 Å². The van der Waals surface area contributed by atoms with Gasteiger partial charge >= 0.3 is 11.9 Å². The number of halogens is 3. The second-order valence-corrected chi connectivity index (χ2v) is 9.71. The van der Waals surface area contributed by atoms with E-state index in [1.165, 1.54) is 34.9 Å². The lowest BCUT2D eigenvalue weighted by Gasteiger charge is -2.27. The molecule has 13 nitrogen and oxygen atoms in total. The summed E-state index contributed by atoms with van der Waals surface area (Å²) in [6.07, 6.45) is 0.881. The fraction of sp³-hybridized carbons (Fsp3) is 0.320. The topological polar surface area (TPSA) is 154 Å². The van der Waals surface area contributed by atoms with E-state index < -0.39 is 28.5 Å². The van der Waals surface area contributed by atoms with Gasteiger partial charge in [0.2, 0.25) is 0 Å². The van der Waals surface area contributed by atoms with Crippen LogP contribution in [-0.2, 0) is 30.1 Å². The summed E-state index contributed by atoms with van der Waals surface area (Å²) < 4.78 is 48.0. The number of carbonyl (C=O) groups excluding carboxylic acids is 1. The van der Waals surface area contributed by atoms with Crippen LogP contribution in [0.5, 0.6) is 0 Å². The van der Waals surface area contributed by atoms with Crippen molar-refractivity contribution in [2.75, 3.05) is 13.1 Å². The highest BCUT2D eigenvalue weighted by atomic mass is 19.4. The number of fused-ring (bicyclic) bond motifs is 1. The number of aldehydes is 1. The summed E-state index contributed by atoms with van der Waals surface area (Å²) in [5, 5.41) is 9.79. The summed E-state index contributed by atoms with van der Waals surface area (Å²) in [7, 11) is 1.46. The maximum atomic E-state index is 13.5. The van der Waals surface area contributed by atoms with Crippen molar-refractivity contribution in [2.45, 2.75) is 32.1 Å². The average molecular weight is 572 g/mol. The van der Waals surface area contributed by atoms with Gasteiger partial charge in [0.1, 0.15) is 29.1 Å². The van der Waals surface area contributed by atoms with Crippen LogP contribution in [-0.4, -0.2) is 53.9 Å². The first-order chi connectivity index (χ1) is 19.4. The lowest BCUT2D eigenvalue weighted by molar-refractivity contribution is -0.137. The van der Waals surface area contributed by atoms with Crippen LogP contribution < -0.4 is 21.9 Å². The van der Waals surface area contributed by atoms with Crippen LogP contribution in [0.1, 0.15) is 29.5 Å². The molecule has 0 radical (unpaired) electrons. The summed E-state index contributed by atoms with van der Waals surface area (Å²) in [6, 6.07) is 2.56. The highest BCUT2D eigenvalue weighted by molar-refractivity contribution is 6.03. The van der Waals surface area contributed by atoms with Gasteiger partial charge in [0.05, 0.1) is 30.7 Å². The molecule has 4 aromatic heterocycles. The lowest BCUT2D eigenvalue weighted by Crippen LogP contribution is -2.45. The predicted molar refractivity (Wildman–Crippen MR) is 139 cm³/mol. The van der Waals surface area contributed by atoms with Crippen molar-refractivity contribution >= 4 is 23.2 Å². The van der Waals surface area contributed by atoms with Gasteiger partial charge in [-0.05, 0) is 19.9 Å². The maximum Gasteiger partial charge on any atom is 0.417 e. The zero-order valence-electron chi connectivity index (χ0n) is 22.1. The fourth-order valence-corrected chi connectivity index (χ4v) is 4.38. The molecule has 4 aromatic rings. The van der Waals surface area contributed by atoms with E-state index in [4.69, 9.17) is 4.52 Å². The first-order valence-corrected chi connectivity index (χ1v) is 12.2. The van der Waals surface area contributed by atoms with Crippen molar-refractivity contribution in [1.29, 1.82) is 0 Å². The Morgan fingerprint density at radius 2 is 2.00 bits per heavy atom. The molecule has 0 fully saturated rings. The number of hydrogen-bond donors (Lipinski definition) is 2. The normalized spacial score (nSPS) is 15.2. The first kappa shape index (κ1) is 27.5. The number of nitrogens with one attached hydrogen (secondary N) is 2. The van der Waals surface area contributed by atoms with E-state index in [0.29, 0.717) is 23.5 Å². The molecule has 5 heterocycles. The molecule has 1 aliphatic rings. The van der Waals surface area contributed by atoms with Gasteiger partial charge in [-0.3, -0.25) is 18.9 Å². The number of aryl methyl sites for hydroxylation is 2. The molecule has 0 amide bonds. The fourth-order valence-electron chi connectivity index (χ4n) is 4.38. The van der Waals surface area contributed by atoms with Gasteiger partial charge in [-0.2, -0.15) is 13.2 Å². The van der Waals surface area contributed by atoms with Gasteiger partial charge < -0.3 is 24.5 Å². The highest BCUT2D eigenvalue weighted by Crippen LogP contribution is 2.29. The second kappa shape index (κ2) is 10.2. The van der Waals surface area contributed by atoms with E-state index >= 15 is 0 Å². The van der Waals surface area contributed by atoms with Crippen LogP contribution in [0.25, 0.3) is 11.2 Å². The largest absolute Gasteiger partial charge is 0.417 e. The Kier molecular flexibility index (Phi) is 6.84. The quantitative estimate of drug-likeness (QED) is 0.295. The SMILES string of the molecule is Cc1cc(Cn2c(=O)c3c(ncn3[C@](C)(C=O)CNC3=CNCC(c4cncc(C(F)(F)F)c4)=N3)n(C)c2=O)no1. The molecule has 0 saturated carbocycles. The molecule has 1 aliphatic heterocycles. The standard InChI is InChI=1S/C25H24F3N9O4/c1-14-4-17(34-41-14)10-36-22(39)20-21(35(3)23(36)40)32-13-37(20)24(2,12-38)11-31-19-9-30-8-18(33-19)15-5-16(7-29-6-15)25(26,27)28/h4-7,9,12-13,30-31H,8,10-11H2,1-3H3/t24-/m0/s1. The predicted octanol–water partition coefficient (Wildman–Crippen LogP) is 1.05. The van der Waals surface area contributed by atoms with Crippen molar-refractivity contribution in [3.63, 3.8) is 0 Å². The van der Waals surface area contributed by atoms with Crippen LogP contribution in [0.4, 0.5) is 13.2 Å². The first-order valence-electron chi connectivity index (χ1n) is 12.2. The Labute approximate surface area is 229 Å². The van der Waals surface area contributed by atoms with E-state index in [1.54, 1.807) is 19.9 Å². The Bertz CT molecular complexity index is 1830. The number of nitrogens with zero attached hydrogens (tertiary/aromatic N) is 7. The summed E-state index contributed by atoms with van der Waals surface area (Å²) in [6.45, 7) is 3.16. The number of rotatable bonds is 8.